The van der Waals surface area contributed by atoms with E-state index in [0.29, 0.717) is 17.4 Å². The first kappa shape index (κ1) is 24.0. The number of anilines is 1. The van der Waals surface area contributed by atoms with Crippen molar-refractivity contribution in [2.45, 2.75) is 51.6 Å². The van der Waals surface area contributed by atoms with Crippen molar-refractivity contribution in [2.75, 3.05) is 37.6 Å². The molecular formula is C22H32ClF3N2O. The largest absolute Gasteiger partial charge is 0.416 e. The van der Waals surface area contributed by atoms with Crippen LogP contribution in [-0.4, -0.2) is 43.4 Å². The normalized spacial score (nSPS) is 23.5. The Morgan fingerprint density at radius 1 is 1.03 bits per heavy atom. The Morgan fingerprint density at radius 2 is 1.66 bits per heavy atom. The van der Waals surface area contributed by atoms with Crippen molar-refractivity contribution in [1.82, 2.24) is 4.90 Å². The van der Waals surface area contributed by atoms with Crippen molar-refractivity contribution in [3.05, 3.63) is 29.8 Å². The lowest BCUT2D eigenvalue weighted by atomic mass is 9.78. The number of halogens is 4. The Bertz CT molecular complexity index is 652. The van der Waals surface area contributed by atoms with Gasteiger partial charge in [-0.1, -0.05) is 18.9 Å². The fraction of sp³-hybridized carbons (Fsp3) is 0.682. The molecule has 0 spiro atoms. The van der Waals surface area contributed by atoms with Gasteiger partial charge in [-0.25, -0.2) is 0 Å². The Labute approximate surface area is 178 Å². The van der Waals surface area contributed by atoms with E-state index in [2.05, 4.69) is 9.80 Å². The van der Waals surface area contributed by atoms with E-state index in [0.717, 1.165) is 51.1 Å². The molecule has 164 valence electrons. The van der Waals surface area contributed by atoms with Gasteiger partial charge in [0.1, 0.15) is 5.78 Å². The molecule has 1 aliphatic carbocycles. The standard InChI is InChI=1S/C22H31F3N2O.ClH/c1-17(28)15-19-7-5-18(6-8-19)9-10-26-11-13-27(14-12-26)21-4-2-3-20(16-21)22(23,24)25;/h2-4,16,18-19H,5-15H2,1H3;1H. The summed E-state index contributed by atoms with van der Waals surface area (Å²) < 4.78 is 38.8. The molecule has 1 aliphatic heterocycles. The van der Waals surface area contributed by atoms with E-state index in [1.54, 1.807) is 13.0 Å². The molecule has 2 fully saturated rings. The lowest BCUT2D eigenvalue weighted by molar-refractivity contribution is -0.137. The molecule has 3 rings (SSSR count). The van der Waals surface area contributed by atoms with Crippen LogP contribution in [0.25, 0.3) is 0 Å². The summed E-state index contributed by atoms with van der Waals surface area (Å²) in [5.74, 6) is 1.65. The van der Waals surface area contributed by atoms with Crippen molar-refractivity contribution < 1.29 is 18.0 Å². The zero-order valence-corrected chi connectivity index (χ0v) is 17.9. The number of carbonyl (C=O) groups excluding carboxylic acids is 1. The van der Waals surface area contributed by atoms with Crippen molar-refractivity contribution in [3.8, 4) is 0 Å². The molecule has 0 amide bonds. The smallest absolute Gasteiger partial charge is 0.369 e. The number of ketones is 1. The van der Waals surface area contributed by atoms with Crippen molar-refractivity contribution in [1.29, 1.82) is 0 Å². The van der Waals surface area contributed by atoms with Crippen LogP contribution < -0.4 is 4.90 Å². The highest BCUT2D eigenvalue weighted by Gasteiger charge is 2.31. The van der Waals surface area contributed by atoms with Gasteiger partial charge >= 0.3 is 6.18 Å². The zero-order valence-electron chi connectivity index (χ0n) is 17.1. The van der Waals surface area contributed by atoms with Gasteiger partial charge in [-0.05, 0) is 62.8 Å². The van der Waals surface area contributed by atoms with Crippen LogP contribution in [-0.2, 0) is 11.0 Å². The Hall–Kier alpha value is -1.27. The van der Waals surface area contributed by atoms with E-state index < -0.39 is 11.7 Å². The molecule has 1 heterocycles. The third-order valence-corrected chi connectivity index (χ3v) is 6.31. The molecule has 1 saturated heterocycles. The van der Waals surface area contributed by atoms with Crippen LogP contribution in [0.3, 0.4) is 0 Å². The Balaban J connectivity index is 0.00000300. The number of benzene rings is 1. The number of carbonyl (C=O) groups is 1. The lowest BCUT2D eigenvalue weighted by Gasteiger charge is -2.37. The van der Waals surface area contributed by atoms with Crippen LogP contribution in [0.1, 0.15) is 51.0 Å². The Morgan fingerprint density at radius 3 is 2.24 bits per heavy atom. The minimum absolute atomic E-state index is 0. The third kappa shape index (κ3) is 7.18. The summed E-state index contributed by atoms with van der Waals surface area (Å²) in [4.78, 5) is 15.7. The average Bonchev–Trinajstić information content (AvgIpc) is 2.67. The fourth-order valence-electron chi connectivity index (χ4n) is 4.60. The van der Waals surface area contributed by atoms with Crippen LogP contribution in [0, 0.1) is 11.8 Å². The van der Waals surface area contributed by atoms with Crippen molar-refractivity contribution >= 4 is 23.9 Å². The summed E-state index contributed by atoms with van der Waals surface area (Å²) in [6.07, 6.45) is 2.44. The molecule has 0 atom stereocenters. The molecule has 1 aromatic rings. The maximum absolute atomic E-state index is 12.9. The van der Waals surface area contributed by atoms with Gasteiger partial charge in [0.05, 0.1) is 5.56 Å². The van der Waals surface area contributed by atoms with Gasteiger partial charge in [0.15, 0.2) is 0 Å². The van der Waals surface area contributed by atoms with Crippen molar-refractivity contribution in [2.24, 2.45) is 11.8 Å². The summed E-state index contributed by atoms with van der Waals surface area (Å²) in [5.41, 5.74) is 0.0890. The van der Waals surface area contributed by atoms with Gasteiger partial charge in [0, 0.05) is 38.3 Å². The van der Waals surface area contributed by atoms with E-state index in [1.807, 2.05) is 0 Å². The summed E-state index contributed by atoms with van der Waals surface area (Å²) in [5, 5.41) is 0. The predicted octanol–water partition coefficient (Wildman–Crippen LogP) is 5.42. The average molecular weight is 433 g/mol. The molecule has 1 saturated carbocycles. The molecule has 0 unspecified atom stereocenters. The molecule has 29 heavy (non-hydrogen) atoms. The molecule has 0 aromatic heterocycles. The number of piperazine rings is 1. The van der Waals surface area contributed by atoms with Gasteiger partial charge in [-0.15, -0.1) is 12.4 Å². The minimum Gasteiger partial charge on any atom is -0.369 e. The highest BCUT2D eigenvalue weighted by Crippen LogP contribution is 2.33. The van der Waals surface area contributed by atoms with Gasteiger partial charge in [0.25, 0.3) is 0 Å². The second-order valence-electron chi connectivity index (χ2n) is 8.46. The minimum atomic E-state index is -4.29. The number of hydrogen-bond acceptors (Lipinski definition) is 3. The number of Topliss-reactive ketones (excluding diaryl/α,β-unsaturated/α-hetero) is 1. The summed E-state index contributed by atoms with van der Waals surface area (Å²) in [7, 11) is 0. The second kappa shape index (κ2) is 10.7. The number of nitrogens with zero attached hydrogens (tertiary/aromatic N) is 2. The van der Waals surface area contributed by atoms with Gasteiger partial charge in [-0.2, -0.15) is 13.2 Å². The highest BCUT2D eigenvalue weighted by atomic mass is 35.5. The molecular weight excluding hydrogens is 401 g/mol. The monoisotopic (exact) mass is 432 g/mol. The molecule has 1 aromatic carbocycles. The number of rotatable bonds is 6. The van der Waals surface area contributed by atoms with Gasteiger partial charge in [0.2, 0.25) is 0 Å². The number of alkyl halides is 3. The van der Waals surface area contributed by atoms with Crippen LogP contribution in [0.2, 0.25) is 0 Å². The van der Waals surface area contributed by atoms with Gasteiger partial charge < -0.3 is 9.69 Å². The molecule has 0 radical (unpaired) electrons. The van der Waals surface area contributed by atoms with E-state index >= 15 is 0 Å². The molecule has 0 N–H and O–H groups in total. The van der Waals surface area contributed by atoms with E-state index in [1.165, 1.54) is 44.2 Å². The molecule has 7 heteroatoms. The SMILES string of the molecule is CC(=O)CC1CCC(CCN2CCN(c3cccc(C(F)(F)F)c3)CC2)CC1.Cl. The number of hydrogen-bond donors (Lipinski definition) is 0. The Kier molecular flexibility index (Phi) is 8.83. The topological polar surface area (TPSA) is 23.6 Å². The second-order valence-corrected chi connectivity index (χ2v) is 8.46. The van der Waals surface area contributed by atoms with Crippen molar-refractivity contribution in [3.63, 3.8) is 0 Å². The highest BCUT2D eigenvalue weighted by molar-refractivity contribution is 5.85. The summed E-state index contributed by atoms with van der Waals surface area (Å²) in [6.45, 7) is 6.09. The lowest BCUT2D eigenvalue weighted by Crippen LogP contribution is -2.47. The van der Waals surface area contributed by atoms with Gasteiger partial charge in [-0.3, -0.25) is 4.90 Å². The molecule has 0 bridgehead atoms. The fourth-order valence-corrected chi connectivity index (χ4v) is 4.60. The van der Waals surface area contributed by atoms with E-state index in [4.69, 9.17) is 0 Å². The van der Waals surface area contributed by atoms with Crippen LogP contribution in [0.4, 0.5) is 18.9 Å². The van der Waals surface area contributed by atoms with Crippen LogP contribution in [0.15, 0.2) is 24.3 Å². The van der Waals surface area contributed by atoms with E-state index in [-0.39, 0.29) is 12.4 Å². The maximum atomic E-state index is 12.9. The maximum Gasteiger partial charge on any atom is 0.416 e. The van der Waals surface area contributed by atoms with Crippen LogP contribution in [0.5, 0.6) is 0 Å². The quantitative estimate of drug-likeness (QED) is 0.599. The van der Waals surface area contributed by atoms with E-state index in [9.17, 15) is 18.0 Å². The first-order chi connectivity index (χ1) is 13.3. The molecule has 3 nitrogen and oxygen atoms in total. The first-order valence-corrected chi connectivity index (χ1v) is 10.5. The predicted molar refractivity (Wildman–Crippen MR) is 113 cm³/mol. The van der Waals surface area contributed by atoms with Crippen LogP contribution >= 0.6 is 12.4 Å². The summed E-state index contributed by atoms with van der Waals surface area (Å²) >= 11 is 0. The first-order valence-electron chi connectivity index (χ1n) is 10.5. The summed E-state index contributed by atoms with van der Waals surface area (Å²) in [6, 6.07) is 5.65. The third-order valence-electron chi connectivity index (χ3n) is 6.31. The zero-order chi connectivity index (χ0) is 20.1. The molecule has 2 aliphatic rings.